The highest BCUT2D eigenvalue weighted by atomic mass is 32.1. The van der Waals surface area contributed by atoms with Crippen molar-refractivity contribution in [3.05, 3.63) is 77.1 Å². The third kappa shape index (κ3) is 3.36. The van der Waals surface area contributed by atoms with E-state index in [0.29, 0.717) is 17.2 Å². The number of aromatic nitrogens is 3. The highest BCUT2D eigenvalue weighted by molar-refractivity contribution is 7.22. The van der Waals surface area contributed by atoms with E-state index in [9.17, 15) is 4.79 Å². The standard InChI is InChI=1S/C20H18N4OS/c1-13-10-14(2)24(23-13)12-15-6-5-7-16(11-15)19(25)22-20-21-17-8-3-4-9-18(17)26-20/h3-11H,12H2,1-2H3,(H,21,22,25). The smallest absolute Gasteiger partial charge is 0.257 e. The fourth-order valence-corrected chi connectivity index (χ4v) is 3.77. The number of benzene rings is 2. The molecule has 0 saturated carbocycles. The van der Waals surface area contributed by atoms with Crippen molar-refractivity contribution in [3.8, 4) is 0 Å². The van der Waals surface area contributed by atoms with Gasteiger partial charge < -0.3 is 0 Å². The number of nitrogens with one attached hydrogen (secondary N) is 1. The molecule has 2 heterocycles. The first-order chi connectivity index (χ1) is 12.6. The first-order valence-corrected chi connectivity index (χ1v) is 9.17. The molecule has 4 rings (SSSR count). The molecule has 0 fully saturated rings. The normalized spacial score (nSPS) is 11.0. The van der Waals surface area contributed by atoms with Gasteiger partial charge in [-0.25, -0.2) is 4.98 Å². The number of carbonyl (C=O) groups is 1. The Bertz CT molecular complexity index is 1060. The van der Waals surface area contributed by atoms with Gasteiger partial charge in [0.2, 0.25) is 0 Å². The van der Waals surface area contributed by atoms with Gasteiger partial charge in [-0.05, 0) is 49.7 Å². The van der Waals surface area contributed by atoms with Crippen molar-refractivity contribution < 1.29 is 4.79 Å². The zero-order chi connectivity index (χ0) is 18.1. The van der Waals surface area contributed by atoms with E-state index < -0.39 is 0 Å². The van der Waals surface area contributed by atoms with Gasteiger partial charge in [0.15, 0.2) is 5.13 Å². The van der Waals surface area contributed by atoms with Gasteiger partial charge in [0.1, 0.15) is 0 Å². The quantitative estimate of drug-likeness (QED) is 0.585. The lowest BCUT2D eigenvalue weighted by atomic mass is 10.1. The van der Waals surface area contributed by atoms with Crippen LogP contribution in [-0.4, -0.2) is 20.7 Å². The minimum Gasteiger partial charge on any atom is -0.298 e. The molecule has 0 radical (unpaired) electrons. The van der Waals surface area contributed by atoms with E-state index in [4.69, 9.17) is 0 Å². The van der Waals surface area contributed by atoms with Crippen molar-refractivity contribution in [1.82, 2.24) is 14.8 Å². The molecule has 6 heteroatoms. The number of anilines is 1. The molecule has 0 saturated heterocycles. The lowest BCUT2D eigenvalue weighted by Crippen LogP contribution is -2.12. The Kier molecular flexibility index (Phi) is 4.26. The molecule has 130 valence electrons. The zero-order valence-electron chi connectivity index (χ0n) is 14.6. The maximum Gasteiger partial charge on any atom is 0.257 e. The average Bonchev–Trinajstić information content (AvgIpc) is 3.17. The van der Waals surface area contributed by atoms with Gasteiger partial charge in [-0.1, -0.05) is 35.6 Å². The van der Waals surface area contributed by atoms with E-state index in [1.165, 1.54) is 11.3 Å². The Balaban J connectivity index is 1.53. The third-order valence-electron chi connectivity index (χ3n) is 4.14. The summed E-state index contributed by atoms with van der Waals surface area (Å²) < 4.78 is 3.00. The SMILES string of the molecule is Cc1cc(C)n(Cc2cccc(C(=O)Nc3nc4ccccc4s3)c2)n1. The molecular formula is C20H18N4OS. The Labute approximate surface area is 155 Å². The van der Waals surface area contributed by atoms with Gasteiger partial charge >= 0.3 is 0 Å². The fraction of sp³-hybridized carbons (Fsp3) is 0.150. The van der Waals surface area contributed by atoms with Crippen molar-refractivity contribution >= 4 is 32.6 Å². The maximum absolute atomic E-state index is 12.6. The Hall–Kier alpha value is -2.99. The lowest BCUT2D eigenvalue weighted by Gasteiger charge is -2.07. The van der Waals surface area contributed by atoms with Crippen LogP contribution in [0, 0.1) is 13.8 Å². The van der Waals surface area contributed by atoms with Crippen LogP contribution in [0.25, 0.3) is 10.2 Å². The first-order valence-electron chi connectivity index (χ1n) is 8.35. The topological polar surface area (TPSA) is 59.8 Å². The van der Waals surface area contributed by atoms with Crippen molar-refractivity contribution in [2.24, 2.45) is 0 Å². The number of nitrogens with zero attached hydrogens (tertiary/aromatic N) is 3. The van der Waals surface area contributed by atoms with E-state index in [-0.39, 0.29) is 5.91 Å². The summed E-state index contributed by atoms with van der Waals surface area (Å²) in [5.41, 5.74) is 4.64. The van der Waals surface area contributed by atoms with Gasteiger partial charge in [-0.15, -0.1) is 0 Å². The predicted molar refractivity (Wildman–Crippen MR) is 105 cm³/mol. The van der Waals surface area contributed by atoms with E-state index in [1.807, 2.05) is 73.1 Å². The number of thiazole rings is 1. The molecule has 26 heavy (non-hydrogen) atoms. The second kappa shape index (κ2) is 6.72. The summed E-state index contributed by atoms with van der Waals surface area (Å²) >= 11 is 1.47. The number of rotatable bonds is 4. The van der Waals surface area contributed by atoms with Crippen molar-refractivity contribution in [1.29, 1.82) is 0 Å². The molecule has 0 aliphatic carbocycles. The number of hydrogen-bond donors (Lipinski definition) is 1. The highest BCUT2D eigenvalue weighted by Crippen LogP contribution is 2.25. The van der Waals surface area contributed by atoms with Crippen LogP contribution in [0.15, 0.2) is 54.6 Å². The molecule has 5 nitrogen and oxygen atoms in total. The van der Waals surface area contributed by atoms with Gasteiger partial charge in [-0.2, -0.15) is 5.10 Å². The number of fused-ring (bicyclic) bond motifs is 1. The molecular weight excluding hydrogens is 344 g/mol. The number of para-hydroxylation sites is 1. The Morgan fingerprint density at radius 3 is 2.73 bits per heavy atom. The van der Waals surface area contributed by atoms with Crippen LogP contribution in [-0.2, 0) is 6.54 Å². The molecule has 2 aromatic heterocycles. The van der Waals surface area contributed by atoms with Crippen LogP contribution in [0.4, 0.5) is 5.13 Å². The summed E-state index contributed by atoms with van der Waals surface area (Å²) in [6.07, 6.45) is 0. The third-order valence-corrected chi connectivity index (χ3v) is 5.09. The molecule has 0 unspecified atom stereocenters. The van der Waals surface area contributed by atoms with Crippen molar-refractivity contribution in [2.45, 2.75) is 20.4 Å². The number of amides is 1. The lowest BCUT2D eigenvalue weighted by molar-refractivity contribution is 0.102. The minimum atomic E-state index is -0.153. The number of hydrogen-bond acceptors (Lipinski definition) is 4. The minimum absolute atomic E-state index is 0.153. The van der Waals surface area contributed by atoms with Crippen LogP contribution in [0.1, 0.15) is 27.3 Å². The van der Waals surface area contributed by atoms with Crippen LogP contribution in [0.3, 0.4) is 0 Å². The summed E-state index contributed by atoms with van der Waals surface area (Å²) in [5, 5.41) is 7.99. The second-order valence-corrected chi connectivity index (χ2v) is 7.26. The highest BCUT2D eigenvalue weighted by Gasteiger charge is 2.11. The van der Waals surface area contributed by atoms with Crippen molar-refractivity contribution in [3.63, 3.8) is 0 Å². The van der Waals surface area contributed by atoms with E-state index in [1.54, 1.807) is 0 Å². The molecule has 4 aromatic rings. The molecule has 0 spiro atoms. The summed E-state index contributed by atoms with van der Waals surface area (Å²) in [5.74, 6) is -0.153. The molecule has 1 amide bonds. The predicted octanol–water partition coefficient (Wildman–Crippen LogP) is 4.41. The van der Waals surface area contributed by atoms with Crippen LogP contribution < -0.4 is 5.32 Å². The van der Waals surface area contributed by atoms with Crippen LogP contribution in [0.2, 0.25) is 0 Å². The van der Waals surface area contributed by atoms with Gasteiger partial charge in [0, 0.05) is 11.3 Å². The van der Waals surface area contributed by atoms with Gasteiger partial charge in [-0.3, -0.25) is 14.8 Å². The Morgan fingerprint density at radius 2 is 1.96 bits per heavy atom. The summed E-state index contributed by atoms with van der Waals surface area (Å²) in [6, 6.07) is 17.5. The van der Waals surface area contributed by atoms with Gasteiger partial charge in [0.25, 0.3) is 5.91 Å². The molecule has 0 atom stereocenters. The van der Waals surface area contributed by atoms with Crippen molar-refractivity contribution in [2.75, 3.05) is 5.32 Å². The number of aryl methyl sites for hydroxylation is 2. The molecule has 2 aromatic carbocycles. The zero-order valence-corrected chi connectivity index (χ0v) is 15.4. The summed E-state index contributed by atoms with van der Waals surface area (Å²) in [6.45, 7) is 4.65. The summed E-state index contributed by atoms with van der Waals surface area (Å²) in [7, 11) is 0. The Morgan fingerprint density at radius 1 is 1.12 bits per heavy atom. The van der Waals surface area contributed by atoms with Gasteiger partial charge in [0.05, 0.1) is 22.5 Å². The molecule has 0 aliphatic heterocycles. The number of carbonyl (C=O) groups excluding carboxylic acids is 1. The van der Waals surface area contributed by atoms with E-state index in [0.717, 1.165) is 27.2 Å². The van der Waals surface area contributed by atoms with Crippen LogP contribution in [0.5, 0.6) is 0 Å². The monoisotopic (exact) mass is 362 g/mol. The second-order valence-electron chi connectivity index (χ2n) is 6.23. The maximum atomic E-state index is 12.6. The molecule has 1 N–H and O–H groups in total. The van der Waals surface area contributed by atoms with Crippen LogP contribution >= 0.6 is 11.3 Å². The average molecular weight is 362 g/mol. The molecule has 0 aliphatic rings. The molecule has 0 bridgehead atoms. The van der Waals surface area contributed by atoms with E-state index in [2.05, 4.69) is 15.4 Å². The summed E-state index contributed by atoms with van der Waals surface area (Å²) in [4.78, 5) is 17.1. The largest absolute Gasteiger partial charge is 0.298 e. The first kappa shape index (κ1) is 16.5. The fourth-order valence-electron chi connectivity index (χ4n) is 2.91. The van der Waals surface area contributed by atoms with E-state index >= 15 is 0 Å².